The molecule has 0 atom stereocenters. The summed E-state index contributed by atoms with van der Waals surface area (Å²) in [6, 6.07) is 6.33. The van der Waals surface area contributed by atoms with Gasteiger partial charge in [-0.1, -0.05) is 12.5 Å². The molecule has 1 N–H and O–H groups in total. The van der Waals surface area contributed by atoms with E-state index in [4.69, 9.17) is 9.57 Å². The summed E-state index contributed by atoms with van der Waals surface area (Å²) < 4.78 is 5.47. The average molecular weight is 264 g/mol. The molecule has 0 bridgehead atoms. The van der Waals surface area contributed by atoms with Crippen molar-refractivity contribution in [2.75, 3.05) is 27.3 Å². The van der Waals surface area contributed by atoms with Gasteiger partial charge in [-0.2, -0.15) is 5.48 Å². The Balaban J connectivity index is 2.06. The van der Waals surface area contributed by atoms with Gasteiger partial charge in [-0.25, -0.2) is 0 Å². The van der Waals surface area contributed by atoms with Gasteiger partial charge in [0, 0.05) is 18.7 Å². The van der Waals surface area contributed by atoms with E-state index in [2.05, 4.69) is 22.5 Å². The molecule has 0 spiro atoms. The summed E-state index contributed by atoms with van der Waals surface area (Å²) in [5.41, 5.74) is 5.36. The van der Waals surface area contributed by atoms with Crippen molar-refractivity contribution in [2.45, 2.75) is 32.4 Å². The molecular formula is C15H24N2O2. The number of hydroxylamine groups is 1. The number of nitrogens with one attached hydrogen (secondary N) is 1. The highest BCUT2D eigenvalue weighted by molar-refractivity contribution is 5.37. The third-order valence-corrected chi connectivity index (χ3v) is 3.61. The molecule has 4 heteroatoms. The van der Waals surface area contributed by atoms with Crippen molar-refractivity contribution in [2.24, 2.45) is 0 Å². The molecule has 1 aromatic carbocycles. The first-order chi connectivity index (χ1) is 9.33. The monoisotopic (exact) mass is 264 g/mol. The van der Waals surface area contributed by atoms with Crippen LogP contribution in [-0.4, -0.2) is 32.2 Å². The summed E-state index contributed by atoms with van der Waals surface area (Å²) in [7, 11) is 3.38. The standard InChI is InChI=1S/C15H24N2O2/c1-18-15-7-6-13(11-16-19-2)10-14(15)12-17-8-4-3-5-9-17/h6-7,10,16H,3-5,8-9,11-12H2,1-2H3. The zero-order valence-electron chi connectivity index (χ0n) is 11.9. The van der Waals surface area contributed by atoms with Gasteiger partial charge < -0.3 is 9.57 Å². The van der Waals surface area contributed by atoms with Gasteiger partial charge in [0.15, 0.2) is 0 Å². The van der Waals surface area contributed by atoms with Crippen molar-refractivity contribution in [1.82, 2.24) is 10.4 Å². The van der Waals surface area contributed by atoms with E-state index in [0.29, 0.717) is 6.54 Å². The zero-order valence-corrected chi connectivity index (χ0v) is 11.9. The summed E-state index contributed by atoms with van der Waals surface area (Å²) >= 11 is 0. The minimum absolute atomic E-state index is 0.716. The number of methoxy groups -OCH3 is 1. The predicted octanol–water partition coefficient (Wildman–Crippen LogP) is 2.33. The molecule has 4 nitrogen and oxygen atoms in total. The topological polar surface area (TPSA) is 33.7 Å². The van der Waals surface area contributed by atoms with Crippen LogP contribution in [-0.2, 0) is 17.9 Å². The Bertz CT molecular complexity index is 390. The van der Waals surface area contributed by atoms with Crippen LogP contribution in [0.2, 0.25) is 0 Å². The summed E-state index contributed by atoms with van der Waals surface area (Å²) in [5.74, 6) is 0.978. The molecule has 0 radical (unpaired) electrons. The molecule has 0 amide bonds. The number of rotatable bonds is 6. The maximum Gasteiger partial charge on any atom is 0.123 e. The van der Waals surface area contributed by atoms with Crippen molar-refractivity contribution in [3.8, 4) is 5.75 Å². The van der Waals surface area contributed by atoms with Crippen LogP contribution >= 0.6 is 0 Å². The first-order valence-corrected chi connectivity index (χ1v) is 6.97. The molecule has 1 aliphatic rings. The van der Waals surface area contributed by atoms with E-state index in [9.17, 15) is 0 Å². The van der Waals surface area contributed by atoms with E-state index in [1.165, 1.54) is 43.5 Å². The Morgan fingerprint density at radius 3 is 2.63 bits per heavy atom. The minimum Gasteiger partial charge on any atom is -0.496 e. The molecule has 0 aliphatic carbocycles. The lowest BCUT2D eigenvalue weighted by molar-refractivity contribution is 0.0866. The van der Waals surface area contributed by atoms with E-state index in [1.807, 2.05) is 6.07 Å². The second-order valence-electron chi connectivity index (χ2n) is 5.01. The molecule has 1 aliphatic heterocycles. The van der Waals surface area contributed by atoms with E-state index in [1.54, 1.807) is 14.2 Å². The van der Waals surface area contributed by atoms with E-state index < -0.39 is 0 Å². The largest absolute Gasteiger partial charge is 0.496 e. The maximum atomic E-state index is 5.47. The van der Waals surface area contributed by atoms with Crippen LogP contribution in [0.5, 0.6) is 5.75 Å². The lowest BCUT2D eigenvalue weighted by atomic mass is 10.1. The second kappa shape index (κ2) is 7.48. The van der Waals surface area contributed by atoms with Gasteiger partial charge in [-0.15, -0.1) is 0 Å². The number of hydrogen-bond acceptors (Lipinski definition) is 4. The fraction of sp³-hybridized carbons (Fsp3) is 0.600. The Morgan fingerprint density at radius 2 is 1.95 bits per heavy atom. The highest BCUT2D eigenvalue weighted by Gasteiger charge is 2.13. The molecule has 19 heavy (non-hydrogen) atoms. The van der Waals surface area contributed by atoms with Crippen LogP contribution in [0, 0.1) is 0 Å². The number of piperidine rings is 1. The molecule has 1 heterocycles. The Labute approximate surface area is 115 Å². The molecule has 0 saturated carbocycles. The van der Waals surface area contributed by atoms with Crippen molar-refractivity contribution in [1.29, 1.82) is 0 Å². The number of hydrogen-bond donors (Lipinski definition) is 1. The van der Waals surface area contributed by atoms with Crippen molar-refractivity contribution < 1.29 is 9.57 Å². The van der Waals surface area contributed by atoms with Gasteiger partial charge in [-0.05, 0) is 43.6 Å². The van der Waals surface area contributed by atoms with Gasteiger partial charge in [0.2, 0.25) is 0 Å². The Morgan fingerprint density at radius 1 is 1.16 bits per heavy atom. The second-order valence-corrected chi connectivity index (χ2v) is 5.01. The third-order valence-electron chi connectivity index (χ3n) is 3.61. The first kappa shape index (κ1) is 14.3. The third kappa shape index (κ3) is 4.20. The van der Waals surface area contributed by atoms with Gasteiger partial charge in [-0.3, -0.25) is 4.90 Å². The van der Waals surface area contributed by atoms with Crippen molar-refractivity contribution in [3.63, 3.8) is 0 Å². The molecule has 106 valence electrons. The lowest BCUT2D eigenvalue weighted by Gasteiger charge is -2.27. The highest BCUT2D eigenvalue weighted by Crippen LogP contribution is 2.23. The number of likely N-dealkylation sites (tertiary alicyclic amines) is 1. The summed E-state index contributed by atoms with van der Waals surface area (Å²) in [6.07, 6.45) is 3.99. The number of benzene rings is 1. The van der Waals surface area contributed by atoms with Crippen molar-refractivity contribution in [3.05, 3.63) is 29.3 Å². The van der Waals surface area contributed by atoms with Crippen LogP contribution in [0.15, 0.2) is 18.2 Å². The van der Waals surface area contributed by atoms with Crippen LogP contribution in [0.25, 0.3) is 0 Å². The van der Waals surface area contributed by atoms with Gasteiger partial charge >= 0.3 is 0 Å². The SMILES string of the molecule is CONCc1ccc(OC)c(CN2CCCCC2)c1. The molecule has 0 unspecified atom stereocenters. The van der Waals surface area contributed by atoms with Crippen molar-refractivity contribution >= 4 is 0 Å². The Kier molecular flexibility index (Phi) is 5.63. The Hall–Kier alpha value is -1.10. The summed E-state index contributed by atoms with van der Waals surface area (Å²) in [5, 5.41) is 0. The maximum absolute atomic E-state index is 5.47. The predicted molar refractivity (Wildman–Crippen MR) is 76.0 cm³/mol. The fourth-order valence-electron chi connectivity index (χ4n) is 2.58. The van der Waals surface area contributed by atoms with Crippen LogP contribution in [0.4, 0.5) is 0 Å². The van der Waals surface area contributed by atoms with E-state index >= 15 is 0 Å². The molecule has 2 rings (SSSR count). The zero-order chi connectivity index (χ0) is 13.5. The van der Waals surface area contributed by atoms with Gasteiger partial charge in [0.1, 0.15) is 5.75 Å². The molecule has 0 aromatic heterocycles. The van der Waals surface area contributed by atoms with Crippen LogP contribution < -0.4 is 10.2 Å². The molecule has 1 fully saturated rings. The molecule has 1 aromatic rings. The van der Waals surface area contributed by atoms with Gasteiger partial charge in [0.05, 0.1) is 14.2 Å². The van der Waals surface area contributed by atoms with E-state index in [0.717, 1.165) is 12.3 Å². The van der Waals surface area contributed by atoms with Crippen LogP contribution in [0.1, 0.15) is 30.4 Å². The summed E-state index contributed by atoms with van der Waals surface area (Å²) in [6.45, 7) is 4.09. The van der Waals surface area contributed by atoms with Gasteiger partial charge in [0.25, 0.3) is 0 Å². The lowest BCUT2D eigenvalue weighted by Crippen LogP contribution is -2.29. The first-order valence-electron chi connectivity index (χ1n) is 6.97. The van der Waals surface area contributed by atoms with E-state index in [-0.39, 0.29) is 0 Å². The highest BCUT2D eigenvalue weighted by atomic mass is 16.6. The summed E-state index contributed by atoms with van der Waals surface area (Å²) in [4.78, 5) is 7.41. The smallest absolute Gasteiger partial charge is 0.123 e. The van der Waals surface area contributed by atoms with Crippen LogP contribution in [0.3, 0.4) is 0 Å². The number of ether oxygens (including phenoxy) is 1. The normalized spacial score (nSPS) is 16.5. The molecule has 1 saturated heterocycles. The molecular weight excluding hydrogens is 240 g/mol. The average Bonchev–Trinajstić information content (AvgIpc) is 2.46. The minimum atomic E-state index is 0.716. The number of nitrogens with zero attached hydrogens (tertiary/aromatic N) is 1. The quantitative estimate of drug-likeness (QED) is 0.800. The fourth-order valence-corrected chi connectivity index (χ4v) is 2.58.